The quantitative estimate of drug-likeness (QED) is 0.890. The first kappa shape index (κ1) is 16.7. The van der Waals surface area contributed by atoms with Crippen molar-refractivity contribution in [2.75, 3.05) is 6.79 Å². The molecule has 0 spiro atoms. The Labute approximate surface area is 153 Å². The van der Waals surface area contributed by atoms with Crippen molar-refractivity contribution in [1.82, 2.24) is 5.32 Å². The summed E-state index contributed by atoms with van der Waals surface area (Å²) in [7, 11) is 0. The highest BCUT2D eigenvalue weighted by Crippen LogP contribution is 2.32. The van der Waals surface area contributed by atoms with Gasteiger partial charge >= 0.3 is 0 Å². The van der Waals surface area contributed by atoms with Crippen LogP contribution in [0.3, 0.4) is 0 Å². The molecule has 1 atom stereocenters. The molecule has 2 aliphatic heterocycles. The number of hydrogen-bond donors (Lipinski definition) is 1. The Bertz CT molecular complexity index is 883. The molecule has 0 saturated heterocycles. The van der Waals surface area contributed by atoms with E-state index in [0.717, 1.165) is 5.56 Å². The van der Waals surface area contributed by atoms with E-state index in [2.05, 4.69) is 10.5 Å². The van der Waals surface area contributed by atoms with Crippen molar-refractivity contribution >= 4 is 23.2 Å². The molecule has 0 aromatic heterocycles. The molecule has 2 heterocycles. The molecule has 0 bridgehead atoms. The Hall–Kier alpha value is -2.80. The minimum atomic E-state index is -0.824. The van der Waals surface area contributed by atoms with Gasteiger partial charge in [-0.2, -0.15) is 0 Å². The molecule has 4 rings (SSSR count). The molecule has 1 amide bonds. The van der Waals surface area contributed by atoms with Gasteiger partial charge in [0.1, 0.15) is 5.82 Å². The van der Waals surface area contributed by atoms with Crippen molar-refractivity contribution in [2.45, 2.75) is 19.1 Å². The summed E-state index contributed by atoms with van der Waals surface area (Å²) in [6.07, 6.45) is -0.678. The summed E-state index contributed by atoms with van der Waals surface area (Å²) in [5, 5.41) is 6.83. The molecule has 2 aromatic carbocycles. The molecule has 6 nitrogen and oxygen atoms in total. The number of rotatable bonds is 4. The van der Waals surface area contributed by atoms with E-state index in [0.29, 0.717) is 23.8 Å². The molecule has 0 radical (unpaired) electrons. The SMILES string of the molecule is O=C(NCc1ccc2c(c1)OCO2)[C@H]1CC(c2c(F)cccc2Cl)=NO1. The minimum Gasteiger partial charge on any atom is -0.454 e. The molecule has 0 aliphatic carbocycles. The molecule has 0 fully saturated rings. The van der Waals surface area contributed by atoms with Crippen LogP contribution >= 0.6 is 11.6 Å². The lowest BCUT2D eigenvalue weighted by Gasteiger charge is -2.10. The van der Waals surface area contributed by atoms with E-state index in [1.54, 1.807) is 18.2 Å². The van der Waals surface area contributed by atoms with Gasteiger partial charge < -0.3 is 19.6 Å². The van der Waals surface area contributed by atoms with Gasteiger partial charge in [-0.05, 0) is 29.8 Å². The summed E-state index contributed by atoms with van der Waals surface area (Å²) < 4.78 is 24.5. The third kappa shape index (κ3) is 3.17. The van der Waals surface area contributed by atoms with E-state index < -0.39 is 11.9 Å². The van der Waals surface area contributed by atoms with Crippen LogP contribution in [-0.2, 0) is 16.2 Å². The van der Waals surface area contributed by atoms with Gasteiger partial charge in [0.2, 0.25) is 12.9 Å². The third-order valence-corrected chi connectivity index (χ3v) is 4.43. The third-order valence-electron chi connectivity index (χ3n) is 4.12. The first-order valence-corrected chi connectivity index (χ1v) is 8.33. The van der Waals surface area contributed by atoms with Crippen LogP contribution in [0.2, 0.25) is 5.02 Å². The summed E-state index contributed by atoms with van der Waals surface area (Å²) >= 11 is 6.03. The maximum Gasteiger partial charge on any atom is 0.264 e. The maximum absolute atomic E-state index is 14.0. The lowest BCUT2D eigenvalue weighted by Crippen LogP contribution is -2.34. The van der Waals surface area contributed by atoms with Gasteiger partial charge in [-0.25, -0.2) is 4.39 Å². The van der Waals surface area contributed by atoms with Gasteiger partial charge in [-0.1, -0.05) is 28.9 Å². The molecule has 2 aliphatic rings. The topological polar surface area (TPSA) is 69.2 Å². The first-order valence-electron chi connectivity index (χ1n) is 7.95. The Balaban J connectivity index is 1.37. The van der Waals surface area contributed by atoms with Gasteiger partial charge in [-0.3, -0.25) is 4.79 Å². The van der Waals surface area contributed by atoms with Gasteiger partial charge in [0.05, 0.1) is 16.3 Å². The van der Waals surface area contributed by atoms with Crippen LogP contribution in [0.5, 0.6) is 11.5 Å². The van der Waals surface area contributed by atoms with Crippen LogP contribution in [-0.4, -0.2) is 24.5 Å². The van der Waals surface area contributed by atoms with Crippen LogP contribution in [0.25, 0.3) is 0 Å². The van der Waals surface area contributed by atoms with Crippen molar-refractivity contribution in [3.63, 3.8) is 0 Å². The van der Waals surface area contributed by atoms with Crippen LogP contribution in [0.4, 0.5) is 4.39 Å². The number of carbonyl (C=O) groups excluding carboxylic acids is 1. The number of ether oxygens (including phenoxy) is 2. The van der Waals surface area contributed by atoms with Gasteiger partial charge in [0.25, 0.3) is 5.91 Å². The van der Waals surface area contributed by atoms with Crippen molar-refractivity contribution in [1.29, 1.82) is 0 Å². The number of halogens is 2. The number of fused-ring (bicyclic) bond motifs is 1. The highest BCUT2D eigenvalue weighted by atomic mass is 35.5. The fourth-order valence-electron chi connectivity index (χ4n) is 2.79. The molecule has 0 saturated carbocycles. The van der Waals surface area contributed by atoms with Gasteiger partial charge in [0.15, 0.2) is 11.5 Å². The summed E-state index contributed by atoms with van der Waals surface area (Å²) in [4.78, 5) is 17.5. The fourth-order valence-corrected chi connectivity index (χ4v) is 3.07. The summed E-state index contributed by atoms with van der Waals surface area (Å²) in [5.74, 6) is 0.489. The zero-order valence-electron chi connectivity index (χ0n) is 13.5. The lowest BCUT2D eigenvalue weighted by atomic mass is 10.0. The summed E-state index contributed by atoms with van der Waals surface area (Å²) in [6, 6.07) is 9.79. The Morgan fingerprint density at radius 3 is 2.96 bits per heavy atom. The number of hydrogen-bond acceptors (Lipinski definition) is 5. The number of carbonyl (C=O) groups is 1. The number of amides is 1. The number of nitrogens with one attached hydrogen (secondary N) is 1. The van der Waals surface area contributed by atoms with Crippen molar-refractivity contribution in [3.05, 3.63) is 58.4 Å². The average molecular weight is 377 g/mol. The second-order valence-corrected chi connectivity index (χ2v) is 6.25. The highest BCUT2D eigenvalue weighted by Gasteiger charge is 2.31. The highest BCUT2D eigenvalue weighted by molar-refractivity contribution is 6.34. The van der Waals surface area contributed by atoms with E-state index >= 15 is 0 Å². The van der Waals surface area contributed by atoms with Crippen LogP contribution < -0.4 is 14.8 Å². The zero-order valence-corrected chi connectivity index (χ0v) is 14.3. The zero-order chi connectivity index (χ0) is 18.1. The number of oxime groups is 1. The van der Waals surface area contributed by atoms with Crippen molar-refractivity contribution < 1.29 is 23.5 Å². The van der Waals surface area contributed by atoms with E-state index in [4.69, 9.17) is 25.9 Å². The first-order chi connectivity index (χ1) is 12.6. The van der Waals surface area contributed by atoms with E-state index in [9.17, 15) is 9.18 Å². The molecule has 26 heavy (non-hydrogen) atoms. The molecule has 0 unspecified atom stereocenters. The van der Waals surface area contributed by atoms with E-state index in [1.165, 1.54) is 12.1 Å². The molecule has 1 N–H and O–H groups in total. The average Bonchev–Trinajstić information content (AvgIpc) is 3.28. The largest absolute Gasteiger partial charge is 0.454 e. The van der Waals surface area contributed by atoms with Crippen LogP contribution in [0.15, 0.2) is 41.6 Å². The fraction of sp³-hybridized carbons (Fsp3) is 0.222. The Kier molecular flexibility index (Phi) is 4.38. The predicted octanol–water partition coefficient (Wildman–Crippen LogP) is 3.02. The molecular formula is C18H14ClFN2O4. The van der Waals surface area contributed by atoms with Gasteiger partial charge in [-0.15, -0.1) is 0 Å². The van der Waals surface area contributed by atoms with E-state index in [1.807, 2.05) is 6.07 Å². The smallest absolute Gasteiger partial charge is 0.264 e. The summed E-state index contributed by atoms with van der Waals surface area (Å²) in [6.45, 7) is 0.491. The van der Waals surface area contributed by atoms with Gasteiger partial charge in [0, 0.05) is 13.0 Å². The lowest BCUT2D eigenvalue weighted by molar-refractivity contribution is -0.131. The van der Waals surface area contributed by atoms with Crippen molar-refractivity contribution in [3.8, 4) is 11.5 Å². The Morgan fingerprint density at radius 2 is 2.12 bits per heavy atom. The van der Waals surface area contributed by atoms with Crippen molar-refractivity contribution in [2.24, 2.45) is 5.16 Å². The molecule has 134 valence electrons. The monoisotopic (exact) mass is 376 g/mol. The second kappa shape index (κ2) is 6.84. The maximum atomic E-state index is 14.0. The molecule has 2 aromatic rings. The van der Waals surface area contributed by atoms with E-state index in [-0.39, 0.29) is 29.7 Å². The Morgan fingerprint density at radius 1 is 1.27 bits per heavy atom. The summed E-state index contributed by atoms with van der Waals surface area (Å²) in [5.41, 5.74) is 1.34. The second-order valence-electron chi connectivity index (χ2n) is 5.84. The molecular weight excluding hydrogens is 363 g/mol. The van der Waals surface area contributed by atoms with Crippen LogP contribution in [0.1, 0.15) is 17.5 Å². The molecule has 8 heteroatoms. The predicted molar refractivity (Wildman–Crippen MR) is 91.8 cm³/mol. The standard InChI is InChI=1S/C18H14ClFN2O4/c19-11-2-1-3-12(20)17(11)13-7-16(26-22-13)18(23)21-8-10-4-5-14-15(6-10)25-9-24-14/h1-6,16H,7-9H2,(H,21,23)/t16-/m1/s1. The minimum absolute atomic E-state index is 0.146. The normalized spacial score (nSPS) is 17.6. The number of benzene rings is 2. The number of nitrogens with zero attached hydrogens (tertiary/aromatic N) is 1. The van der Waals surface area contributed by atoms with Crippen LogP contribution in [0, 0.1) is 5.82 Å².